The standard InChI is InChI=1S/C20H22N4O2/c1-21-20-16(19-22-17-6-4-5-7-18(17)23-19)8-9-24(20)13-10-14(25-2)12-15(11-13)26-3/h4-7,10-12,16H,8-9H2,1-3H3,(H,22,23). The van der Waals surface area contributed by atoms with Crippen molar-refractivity contribution in [3.05, 3.63) is 48.3 Å². The molecule has 1 aliphatic heterocycles. The third-order valence-electron chi connectivity index (χ3n) is 4.84. The number of methoxy groups -OCH3 is 2. The Morgan fingerprint density at radius 3 is 2.50 bits per heavy atom. The molecule has 4 rings (SSSR count). The van der Waals surface area contributed by atoms with Crippen LogP contribution < -0.4 is 14.4 Å². The number of ether oxygens (including phenoxy) is 2. The van der Waals surface area contributed by atoms with Gasteiger partial charge in [0.25, 0.3) is 0 Å². The number of aromatic nitrogens is 2. The van der Waals surface area contributed by atoms with Gasteiger partial charge in [0.15, 0.2) is 0 Å². The summed E-state index contributed by atoms with van der Waals surface area (Å²) in [6, 6.07) is 14.0. The van der Waals surface area contributed by atoms with E-state index in [0.29, 0.717) is 0 Å². The molecule has 0 spiro atoms. The lowest BCUT2D eigenvalue weighted by Crippen LogP contribution is -2.27. The van der Waals surface area contributed by atoms with E-state index in [-0.39, 0.29) is 5.92 Å². The van der Waals surface area contributed by atoms with Crippen molar-refractivity contribution in [1.82, 2.24) is 9.97 Å². The molecule has 1 aromatic heterocycles. The summed E-state index contributed by atoms with van der Waals surface area (Å²) in [6.45, 7) is 0.866. The first kappa shape index (κ1) is 16.4. The molecule has 2 aromatic carbocycles. The molecule has 3 aromatic rings. The Labute approximate surface area is 152 Å². The predicted molar refractivity (Wildman–Crippen MR) is 104 cm³/mol. The van der Waals surface area contributed by atoms with Crippen LogP contribution in [0.2, 0.25) is 0 Å². The lowest BCUT2D eigenvalue weighted by Gasteiger charge is -2.21. The van der Waals surface area contributed by atoms with E-state index in [2.05, 4.69) is 14.9 Å². The molecule has 134 valence electrons. The van der Waals surface area contributed by atoms with Gasteiger partial charge >= 0.3 is 0 Å². The summed E-state index contributed by atoms with van der Waals surface area (Å²) in [5.41, 5.74) is 3.05. The zero-order valence-electron chi connectivity index (χ0n) is 15.2. The number of aromatic amines is 1. The fourth-order valence-corrected chi connectivity index (χ4v) is 3.57. The van der Waals surface area contributed by atoms with E-state index < -0.39 is 0 Å². The Balaban J connectivity index is 1.70. The number of hydrogen-bond donors (Lipinski definition) is 1. The van der Waals surface area contributed by atoms with Gasteiger partial charge in [-0.2, -0.15) is 0 Å². The molecule has 1 saturated heterocycles. The average Bonchev–Trinajstić information content (AvgIpc) is 3.30. The van der Waals surface area contributed by atoms with E-state index in [4.69, 9.17) is 14.5 Å². The summed E-state index contributed by atoms with van der Waals surface area (Å²) >= 11 is 0. The van der Waals surface area contributed by atoms with Crippen molar-refractivity contribution in [2.75, 3.05) is 32.7 Å². The summed E-state index contributed by atoms with van der Waals surface area (Å²) in [6.07, 6.45) is 0.950. The molecule has 26 heavy (non-hydrogen) atoms. The molecule has 1 aliphatic rings. The maximum atomic E-state index is 5.41. The average molecular weight is 350 g/mol. The minimum Gasteiger partial charge on any atom is -0.497 e. The highest BCUT2D eigenvalue weighted by Crippen LogP contribution is 2.36. The number of imidazole rings is 1. The van der Waals surface area contributed by atoms with Crippen molar-refractivity contribution in [1.29, 1.82) is 0 Å². The lowest BCUT2D eigenvalue weighted by atomic mass is 10.1. The fourth-order valence-electron chi connectivity index (χ4n) is 3.57. The number of fused-ring (bicyclic) bond motifs is 1. The van der Waals surface area contributed by atoms with Gasteiger partial charge in [-0.1, -0.05) is 12.1 Å². The molecule has 0 bridgehead atoms. The van der Waals surface area contributed by atoms with Crippen LogP contribution in [0.5, 0.6) is 11.5 Å². The molecule has 1 atom stereocenters. The second-order valence-corrected chi connectivity index (χ2v) is 6.28. The van der Waals surface area contributed by atoms with Gasteiger partial charge in [-0.3, -0.25) is 4.99 Å². The van der Waals surface area contributed by atoms with Crippen molar-refractivity contribution in [3.63, 3.8) is 0 Å². The smallest absolute Gasteiger partial charge is 0.124 e. The van der Waals surface area contributed by atoms with E-state index in [9.17, 15) is 0 Å². The van der Waals surface area contributed by atoms with E-state index >= 15 is 0 Å². The Kier molecular flexibility index (Phi) is 4.24. The maximum Gasteiger partial charge on any atom is 0.124 e. The lowest BCUT2D eigenvalue weighted by molar-refractivity contribution is 0.394. The minimum atomic E-state index is 0.143. The number of H-pyrrole nitrogens is 1. The number of amidine groups is 1. The highest BCUT2D eigenvalue weighted by Gasteiger charge is 2.33. The van der Waals surface area contributed by atoms with Gasteiger partial charge in [0.2, 0.25) is 0 Å². The van der Waals surface area contributed by atoms with Gasteiger partial charge in [-0.05, 0) is 18.6 Å². The Hall–Kier alpha value is -3.02. The second-order valence-electron chi connectivity index (χ2n) is 6.28. The Morgan fingerprint density at radius 2 is 1.85 bits per heavy atom. The molecule has 6 nitrogen and oxygen atoms in total. The van der Waals surface area contributed by atoms with E-state index in [1.54, 1.807) is 14.2 Å². The number of aliphatic imine (C=N–C) groups is 1. The van der Waals surface area contributed by atoms with Gasteiger partial charge in [-0.25, -0.2) is 4.98 Å². The van der Waals surface area contributed by atoms with E-state index in [1.165, 1.54) is 0 Å². The van der Waals surface area contributed by atoms with Crippen LogP contribution in [0.1, 0.15) is 18.2 Å². The second kappa shape index (κ2) is 6.71. The number of nitrogens with one attached hydrogen (secondary N) is 1. The zero-order valence-corrected chi connectivity index (χ0v) is 15.2. The molecule has 1 unspecified atom stereocenters. The Bertz CT molecular complexity index is 908. The van der Waals surface area contributed by atoms with Gasteiger partial charge < -0.3 is 19.4 Å². The van der Waals surface area contributed by atoms with Crippen molar-refractivity contribution >= 4 is 22.6 Å². The topological polar surface area (TPSA) is 62.7 Å². The van der Waals surface area contributed by atoms with Gasteiger partial charge in [0.1, 0.15) is 23.2 Å². The van der Waals surface area contributed by atoms with Crippen molar-refractivity contribution in [3.8, 4) is 11.5 Å². The number of hydrogen-bond acceptors (Lipinski definition) is 4. The summed E-state index contributed by atoms with van der Waals surface area (Å²) in [5, 5.41) is 0. The predicted octanol–water partition coefficient (Wildman–Crippen LogP) is 3.60. The molecule has 1 N–H and O–H groups in total. The molecule has 2 heterocycles. The van der Waals surface area contributed by atoms with Gasteiger partial charge in [-0.15, -0.1) is 0 Å². The van der Waals surface area contributed by atoms with Crippen molar-refractivity contribution < 1.29 is 9.47 Å². The molecule has 0 aliphatic carbocycles. The summed E-state index contributed by atoms with van der Waals surface area (Å²) < 4.78 is 10.8. The minimum absolute atomic E-state index is 0.143. The molecular weight excluding hydrogens is 328 g/mol. The molecule has 6 heteroatoms. The number of anilines is 1. The summed E-state index contributed by atoms with van der Waals surface area (Å²) in [4.78, 5) is 15.0. The molecule has 0 amide bonds. The number of rotatable bonds is 4. The number of para-hydroxylation sites is 2. The van der Waals surface area contributed by atoms with E-state index in [1.807, 2.05) is 49.5 Å². The molecule has 0 radical (unpaired) electrons. The summed E-state index contributed by atoms with van der Waals surface area (Å²) in [5.74, 6) is 3.64. The Morgan fingerprint density at radius 1 is 1.12 bits per heavy atom. The van der Waals surface area contributed by atoms with Crippen LogP contribution in [0.25, 0.3) is 11.0 Å². The quantitative estimate of drug-likeness (QED) is 0.781. The monoisotopic (exact) mass is 350 g/mol. The highest BCUT2D eigenvalue weighted by molar-refractivity contribution is 6.04. The van der Waals surface area contributed by atoms with Crippen molar-refractivity contribution in [2.45, 2.75) is 12.3 Å². The van der Waals surface area contributed by atoms with Gasteiger partial charge in [0, 0.05) is 37.5 Å². The van der Waals surface area contributed by atoms with Crippen LogP contribution in [0.4, 0.5) is 5.69 Å². The first-order valence-electron chi connectivity index (χ1n) is 8.65. The van der Waals surface area contributed by atoms with Gasteiger partial charge in [0.05, 0.1) is 31.2 Å². The van der Waals surface area contributed by atoms with Crippen LogP contribution in [0.3, 0.4) is 0 Å². The zero-order chi connectivity index (χ0) is 18.1. The molecule has 0 saturated carbocycles. The third kappa shape index (κ3) is 2.77. The van der Waals surface area contributed by atoms with Crippen molar-refractivity contribution in [2.24, 2.45) is 4.99 Å². The largest absolute Gasteiger partial charge is 0.497 e. The first-order chi connectivity index (χ1) is 12.7. The normalized spacial score (nSPS) is 18.7. The van der Waals surface area contributed by atoms with Crippen LogP contribution in [0, 0.1) is 0 Å². The highest BCUT2D eigenvalue weighted by atomic mass is 16.5. The first-order valence-corrected chi connectivity index (χ1v) is 8.65. The molecule has 1 fully saturated rings. The fraction of sp³-hybridized carbons (Fsp3) is 0.300. The number of benzene rings is 2. The van der Waals surface area contributed by atoms with Crippen LogP contribution in [-0.2, 0) is 0 Å². The number of nitrogens with zero attached hydrogens (tertiary/aromatic N) is 3. The summed E-state index contributed by atoms with van der Waals surface area (Å²) in [7, 11) is 5.16. The molecular formula is C20H22N4O2. The van der Waals surface area contributed by atoms with E-state index in [0.717, 1.165) is 52.8 Å². The third-order valence-corrected chi connectivity index (χ3v) is 4.84. The van der Waals surface area contributed by atoms with Crippen LogP contribution in [-0.4, -0.2) is 43.6 Å². The van der Waals surface area contributed by atoms with Crippen LogP contribution >= 0.6 is 0 Å². The SMILES string of the molecule is CN=C1C(c2nc3ccccc3[nH]2)CCN1c1cc(OC)cc(OC)c1. The maximum absolute atomic E-state index is 5.41. The van der Waals surface area contributed by atoms with Crippen LogP contribution in [0.15, 0.2) is 47.5 Å².